The first kappa shape index (κ1) is 17.3. The van der Waals surface area contributed by atoms with Crippen molar-refractivity contribution in [2.45, 2.75) is 6.92 Å². The van der Waals surface area contributed by atoms with Gasteiger partial charge >= 0.3 is 0 Å². The number of thiophene rings is 1. The average Bonchev–Trinajstić information content (AvgIpc) is 3.14. The summed E-state index contributed by atoms with van der Waals surface area (Å²) in [6, 6.07) is 17.4. The Bertz CT molecular complexity index is 1150. The van der Waals surface area contributed by atoms with Gasteiger partial charge in [-0.2, -0.15) is 0 Å². The summed E-state index contributed by atoms with van der Waals surface area (Å²) in [5.74, 6) is 1.78. The highest BCUT2D eigenvalue weighted by molar-refractivity contribution is 7.21. The summed E-state index contributed by atoms with van der Waals surface area (Å²) in [6.45, 7) is 2.47. The number of nitrogens with zero attached hydrogens (tertiary/aromatic N) is 1. The number of H-pyrrole nitrogens is 1. The number of aromatic nitrogens is 2. The average molecular weight is 378 g/mol. The molecule has 2 heterocycles. The van der Waals surface area contributed by atoms with Gasteiger partial charge in [-0.1, -0.05) is 30.3 Å². The zero-order chi connectivity index (χ0) is 18.8. The predicted molar refractivity (Wildman–Crippen MR) is 109 cm³/mol. The van der Waals surface area contributed by atoms with Gasteiger partial charge in [-0.15, -0.1) is 11.3 Å². The number of rotatable bonds is 5. The topological polar surface area (TPSA) is 64.2 Å². The molecule has 6 heteroatoms. The van der Waals surface area contributed by atoms with Crippen LogP contribution in [0.1, 0.15) is 6.92 Å². The van der Waals surface area contributed by atoms with Crippen molar-refractivity contribution < 1.29 is 9.47 Å². The lowest BCUT2D eigenvalue weighted by Crippen LogP contribution is -2.08. The zero-order valence-electron chi connectivity index (χ0n) is 15.0. The van der Waals surface area contributed by atoms with E-state index in [-0.39, 0.29) is 5.56 Å². The van der Waals surface area contributed by atoms with Gasteiger partial charge in [-0.3, -0.25) is 4.79 Å². The van der Waals surface area contributed by atoms with E-state index in [2.05, 4.69) is 9.97 Å². The highest BCUT2D eigenvalue weighted by Gasteiger charge is 2.13. The van der Waals surface area contributed by atoms with E-state index >= 15 is 0 Å². The van der Waals surface area contributed by atoms with Crippen LogP contribution in [-0.2, 0) is 0 Å². The maximum atomic E-state index is 12.6. The molecule has 0 amide bonds. The van der Waals surface area contributed by atoms with Crippen molar-refractivity contribution in [2.75, 3.05) is 13.7 Å². The normalized spacial score (nSPS) is 10.9. The summed E-state index contributed by atoms with van der Waals surface area (Å²) in [5.41, 5.74) is 1.69. The summed E-state index contributed by atoms with van der Waals surface area (Å²) >= 11 is 1.51. The Labute approximate surface area is 160 Å². The van der Waals surface area contributed by atoms with Gasteiger partial charge in [0.2, 0.25) is 0 Å². The molecule has 0 aliphatic heterocycles. The van der Waals surface area contributed by atoms with Crippen LogP contribution in [0.4, 0.5) is 0 Å². The van der Waals surface area contributed by atoms with Crippen LogP contribution in [0.2, 0.25) is 0 Å². The Morgan fingerprint density at radius 2 is 1.85 bits per heavy atom. The van der Waals surface area contributed by atoms with E-state index in [0.29, 0.717) is 34.1 Å². The third kappa shape index (κ3) is 3.31. The molecule has 0 saturated heterocycles. The fraction of sp³-hybridized carbons (Fsp3) is 0.143. The molecular weight excluding hydrogens is 360 g/mol. The van der Waals surface area contributed by atoms with Crippen LogP contribution in [0.5, 0.6) is 11.5 Å². The van der Waals surface area contributed by atoms with Gasteiger partial charge in [-0.25, -0.2) is 4.98 Å². The van der Waals surface area contributed by atoms with Crippen LogP contribution in [-0.4, -0.2) is 23.7 Å². The van der Waals surface area contributed by atoms with Crippen LogP contribution >= 0.6 is 11.3 Å². The van der Waals surface area contributed by atoms with Crippen molar-refractivity contribution in [3.8, 4) is 33.3 Å². The Balaban J connectivity index is 1.80. The molecule has 0 atom stereocenters. The standard InChI is InChI=1S/C21H18N2O3S/c1-3-26-16-10-9-14(11-17(16)25-2)19-22-20(24)15-12-18(27-21(15)23-19)13-7-5-4-6-8-13/h4-12H,3H2,1-2H3,(H,22,23,24). The fourth-order valence-corrected chi connectivity index (χ4v) is 3.94. The number of nitrogens with one attached hydrogen (secondary N) is 1. The smallest absolute Gasteiger partial charge is 0.259 e. The molecule has 0 aliphatic rings. The van der Waals surface area contributed by atoms with Crippen molar-refractivity contribution in [1.29, 1.82) is 0 Å². The minimum atomic E-state index is -0.152. The lowest BCUT2D eigenvalue weighted by Gasteiger charge is -2.10. The van der Waals surface area contributed by atoms with Crippen molar-refractivity contribution in [2.24, 2.45) is 0 Å². The van der Waals surface area contributed by atoms with Crippen molar-refractivity contribution in [3.63, 3.8) is 0 Å². The number of aromatic amines is 1. The molecule has 0 bridgehead atoms. The quantitative estimate of drug-likeness (QED) is 0.545. The van der Waals surface area contributed by atoms with Crippen molar-refractivity contribution >= 4 is 21.6 Å². The second kappa shape index (κ2) is 7.25. The van der Waals surface area contributed by atoms with Crippen molar-refractivity contribution in [1.82, 2.24) is 9.97 Å². The molecule has 0 saturated carbocycles. The first-order valence-corrected chi connectivity index (χ1v) is 9.41. The summed E-state index contributed by atoms with van der Waals surface area (Å²) in [6.07, 6.45) is 0. The first-order valence-electron chi connectivity index (χ1n) is 8.60. The lowest BCUT2D eigenvalue weighted by atomic mass is 10.1. The van der Waals surface area contributed by atoms with E-state index in [9.17, 15) is 4.79 Å². The van der Waals surface area contributed by atoms with Gasteiger partial charge in [0.25, 0.3) is 5.56 Å². The van der Waals surface area contributed by atoms with E-state index in [1.807, 2.05) is 61.5 Å². The molecule has 0 spiro atoms. The minimum absolute atomic E-state index is 0.152. The molecule has 1 N–H and O–H groups in total. The molecule has 0 unspecified atom stereocenters. The number of hydrogen-bond acceptors (Lipinski definition) is 5. The highest BCUT2D eigenvalue weighted by atomic mass is 32.1. The second-order valence-corrected chi connectivity index (χ2v) is 6.94. The Morgan fingerprint density at radius 3 is 2.59 bits per heavy atom. The Kier molecular flexibility index (Phi) is 4.64. The second-order valence-electron chi connectivity index (χ2n) is 5.91. The third-order valence-electron chi connectivity index (χ3n) is 4.20. The van der Waals surface area contributed by atoms with Crippen LogP contribution in [0.15, 0.2) is 59.4 Å². The van der Waals surface area contributed by atoms with E-state index in [1.165, 1.54) is 11.3 Å². The lowest BCUT2D eigenvalue weighted by molar-refractivity contribution is 0.311. The monoisotopic (exact) mass is 378 g/mol. The fourth-order valence-electron chi connectivity index (χ4n) is 2.90. The van der Waals surface area contributed by atoms with E-state index in [0.717, 1.165) is 16.0 Å². The predicted octanol–water partition coefficient (Wildman–Crippen LogP) is 4.73. The van der Waals surface area contributed by atoms with Crippen LogP contribution in [0.3, 0.4) is 0 Å². The molecule has 4 aromatic rings. The Hall–Kier alpha value is -3.12. The summed E-state index contributed by atoms with van der Waals surface area (Å²) in [5, 5.41) is 0.598. The number of benzene rings is 2. The number of methoxy groups -OCH3 is 1. The maximum absolute atomic E-state index is 12.6. The third-order valence-corrected chi connectivity index (χ3v) is 5.28. The molecule has 0 aliphatic carbocycles. The molecule has 0 fully saturated rings. The molecule has 5 nitrogen and oxygen atoms in total. The molecule has 27 heavy (non-hydrogen) atoms. The summed E-state index contributed by atoms with van der Waals surface area (Å²) in [4.78, 5) is 21.9. The maximum Gasteiger partial charge on any atom is 0.259 e. The number of hydrogen-bond donors (Lipinski definition) is 1. The van der Waals surface area contributed by atoms with Crippen LogP contribution < -0.4 is 15.0 Å². The molecule has 2 aromatic heterocycles. The van der Waals surface area contributed by atoms with Gasteiger partial charge in [0, 0.05) is 10.4 Å². The minimum Gasteiger partial charge on any atom is -0.493 e. The largest absolute Gasteiger partial charge is 0.493 e. The van der Waals surface area contributed by atoms with Gasteiger partial charge in [0.05, 0.1) is 19.1 Å². The van der Waals surface area contributed by atoms with Crippen molar-refractivity contribution in [3.05, 3.63) is 65.0 Å². The van der Waals surface area contributed by atoms with E-state index in [4.69, 9.17) is 9.47 Å². The van der Waals surface area contributed by atoms with E-state index in [1.54, 1.807) is 7.11 Å². The van der Waals surface area contributed by atoms with Crippen LogP contribution in [0, 0.1) is 0 Å². The summed E-state index contributed by atoms with van der Waals surface area (Å²) in [7, 11) is 1.59. The van der Waals surface area contributed by atoms with Gasteiger partial charge < -0.3 is 14.5 Å². The molecule has 2 aromatic carbocycles. The highest BCUT2D eigenvalue weighted by Crippen LogP contribution is 2.34. The molecule has 4 rings (SSSR count). The molecule has 0 radical (unpaired) electrons. The van der Waals surface area contributed by atoms with Gasteiger partial charge in [0.1, 0.15) is 10.7 Å². The van der Waals surface area contributed by atoms with Gasteiger partial charge in [0.15, 0.2) is 11.5 Å². The SMILES string of the molecule is CCOc1ccc(-c2nc3sc(-c4ccccc4)cc3c(=O)[nH]2)cc1OC. The molecular formula is C21H18N2O3S. The number of fused-ring (bicyclic) bond motifs is 1. The summed E-state index contributed by atoms with van der Waals surface area (Å²) < 4.78 is 10.9. The molecule has 136 valence electrons. The number of ether oxygens (including phenoxy) is 2. The Morgan fingerprint density at radius 1 is 1.04 bits per heavy atom. The van der Waals surface area contributed by atoms with Gasteiger partial charge in [-0.05, 0) is 36.8 Å². The first-order chi connectivity index (χ1) is 13.2. The van der Waals surface area contributed by atoms with E-state index < -0.39 is 0 Å². The van der Waals surface area contributed by atoms with Crippen LogP contribution in [0.25, 0.3) is 32.0 Å². The zero-order valence-corrected chi connectivity index (χ0v) is 15.8.